The Morgan fingerprint density at radius 1 is 1.26 bits per heavy atom. The Morgan fingerprint density at radius 2 is 1.95 bits per heavy atom. The van der Waals surface area contributed by atoms with Crippen LogP contribution < -0.4 is 20.3 Å². The van der Waals surface area contributed by atoms with E-state index in [2.05, 4.69) is 0 Å². The van der Waals surface area contributed by atoms with E-state index in [1.807, 2.05) is 5.43 Å². The van der Waals surface area contributed by atoms with Crippen LogP contribution in [0.15, 0.2) is 18.2 Å². The standard InChI is InChI=1S/C9H7N3O7/c13-7(10-11-9(14)15)8-18-5-2-1-4(12(16)17)3-6(5)19-8/h1-3,8,11H,(H,10,13)(H,14,15). The monoisotopic (exact) mass is 269 g/mol. The predicted molar refractivity (Wildman–Crippen MR) is 57.4 cm³/mol. The number of carbonyl (C=O) groups is 2. The Labute approximate surface area is 105 Å². The number of ether oxygens (including phenoxy) is 2. The zero-order valence-electron chi connectivity index (χ0n) is 9.15. The van der Waals surface area contributed by atoms with Gasteiger partial charge in [0.15, 0.2) is 11.5 Å². The lowest BCUT2D eigenvalue weighted by Gasteiger charge is -2.09. The van der Waals surface area contributed by atoms with Crippen molar-refractivity contribution in [1.29, 1.82) is 0 Å². The molecule has 1 aliphatic heterocycles. The minimum atomic E-state index is -1.46. The van der Waals surface area contributed by atoms with Crippen LogP contribution in [0.2, 0.25) is 0 Å². The lowest BCUT2D eigenvalue weighted by atomic mass is 10.3. The maximum Gasteiger partial charge on any atom is 0.423 e. The Morgan fingerprint density at radius 3 is 2.58 bits per heavy atom. The summed E-state index contributed by atoms with van der Waals surface area (Å²) in [5, 5.41) is 18.8. The molecule has 10 nitrogen and oxygen atoms in total. The molecule has 1 unspecified atom stereocenters. The molecule has 0 radical (unpaired) electrons. The number of hydrazine groups is 1. The number of fused-ring (bicyclic) bond motifs is 1. The normalized spacial score (nSPS) is 15.7. The van der Waals surface area contributed by atoms with Crippen molar-refractivity contribution in [2.75, 3.05) is 0 Å². The minimum absolute atomic E-state index is 0.0321. The summed E-state index contributed by atoms with van der Waals surface area (Å²) in [6.45, 7) is 0. The zero-order chi connectivity index (χ0) is 14.0. The van der Waals surface area contributed by atoms with E-state index in [1.54, 1.807) is 5.43 Å². The number of nitro benzene ring substituents is 1. The van der Waals surface area contributed by atoms with E-state index in [0.29, 0.717) is 0 Å². The average Bonchev–Trinajstić information content (AvgIpc) is 2.78. The average molecular weight is 269 g/mol. The van der Waals surface area contributed by atoms with Gasteiger partial charge < -0.3 is 14.6 Å². The van der Waals surface area contributed by atoms with Gasteiger partial charge in [-0.1, -0.05) is 0 Å². The minimum Gasteiger partial charge on any atom is -0.464 e. The Kier molecular flexibility index (Phi) is 3.06. The van der Waals surface area contributed by atoms with Gasteiger partial charge in [-0.15, -0.1) is 0 Å². The van der Waals surface area contributed by atoms with Gasteiger partial charge in [-0.05, 0) is 6.07 Å². The maximum atomic E-state index is 11.4. The molecule has 19 heavy (non-hydrogen) atoms. The number of non-ortho nitro benzene ring substituents is 1. The quantitative estimate of drug-likeness (QED) is 0.506. The second kappa shape index (κ2) is 4.68. The summed E-state index contributed by atoms with van der Waals surface area (Å²) in [6.07, 6.45) is -2.87. The molecule has 1 aromatic carbocycles. The molecule has 0 bridgehead atoms. The number of hydrogen-bond donors (Lipinski definition) is 3. The number of nitrogens with zero attached hydrogens (tertiary/aromatic N) is 1. The van der Waals surface area contributed by atoms with Gasteiger partial charge in [0, 0.05) is 6.07 Å². The molecular formula is C9H7N3O7. The van der Waals surface area contributed by atoms with Gasteiger partial charge in [0.2, 0.25) is 0 Å². The fourth-order valence-electron chi connectivity index (χ4n) is 1.34. The highest BCUT2D eigenvalue weighted by Gasteiger charge is 2.32. The number of amides is 2. The van der Waals surface area contributed by atoms with Gasteiger partial charge in [0.05, 0.1) is 11.0 Å². The first-order chi connectivity index (χ1) is 8.97. The highest BCUT2D eigenvalue weighted by molar-refractivity contribution is 5.82. The van der Waals surface area contributed by atoms with E-state index in [-0.39, 0.29) is 17.2 Å². The summed E-state index contributed by atoms with van der Waals surface area (Å²) in [7, 11) is 0. The largest absolute Gasteiger partial charge is 0.464 e. The first-order valence-electron chi connectivity index (χ1n) is 4.88. The number of rotatable bonds is 2. The van der Waals surface area contributed by atoms with Crippen LogP contribution in [0.4, 0.5) is 10.5 Å². The summed E-state index contributed by atoms with van der Waals surface area (Å²) in [5.41, 5.74) is 3.24. The number of benzene rings is 1. The lowest BCUT2D eigenvalue weighted by molar-refractivity contribution is -0.384. The zero-order valence-corrected chi connectivity index (χ0v) is 9.15. The lowest BCUT2D eigenvalue weighted by Crippen LogP contribution is -2.48. The van der Waals surface area contributed by atoms with Crippen LogP contribution >= 0.6 is 0 Å². The third-order valence-electron chi connectivity index (χ3n) is 2.11. The van der Waals surface area contributed by atoms with Gasteiger partial charge in [-0.2, -0.15) is 0 Å². The van der Waals surface area contributed by atoms with Crippen LogP contribution in [-0.2, 0) is 4.79 Å². The van der Waals surface area contributed by atoms with Crippen molar-refractivity contribution in [2.45, 2.75) is 6.29 Å². The van der Waals surface area contributed by atoms with E-state index >= 15 is 0 Å². The molecule has 0 saturated heterocycles. The molecule has 0 fully saturated rings. The SMILES string of the molecule is O=C(O)NNC(=O)C1Oc2ccc([N+](=O)[O-])cc2O1. The fourth-order valence-corrected chi connectivity index (χ4v) is 1.34. The number of nitro groups is 1. The topological polar surface area (TPSA) is 140 Å². The molecule has 0 aromatic heterocycles. The number of carbonyl (C=O) groups excluding carboxylic acids is 1. The van der Waals surface area contributed by atoms with Crippen molar-refractivity contribution >= 4 is 17.7 Å². The van der Waals surface area contributed by atoms with Crippen LogP contribution in [0.1, 0.15) is 0 Å². The highest BCUT2D eigenvalue weighted by atomic mass is 16.7. The van der Waals surface area contributed by atoms with Gasteiger partial charge in [0.25, 0.3) is 5.69 Å². The summed E-state index contributed by atoms with van der Waals surface area (Å²) < 4.78 is 10.1. The number of nitrogens with one attached hydrogen (secondary N) is 2. The molecule has 1 atom stereocenters. The molecule has 10 heteroatoms. The van der Waals surface area contributed by atoms with Crippen LogP contribution in [0.5, 0.6) is 11.5 Å². The van der Waals surface area contributed by atoms with E-state index in [1.165, 1.54) is 12.1 Å². The Balaban J connectivity index is 2.05. The molecule has 1 heterocycles. The molecular weight excluding hydrogens is 262 g/mol. The van der Waals surface area contributed by atoms with Crippen molar-refractivity contribution in [1.82, 2.24) is 10.9 Å². The second-order valence-electron chi connectivity index (χ2n) is 3.38. The summed E-state index contributed by atoms with van der Waals surface area (Å²) in [5.74, 6) is -0.702. The van der Waals surface area contributed by atoms with Crippen molar-refractivity contribution < 1.29 is 29.1 Å². The van der Waals surface area contributed by atoms with E-state index in [0.717, 1.165) is 6.07 Å². The van der Waals surface area contributed by atoms with Crippen molar-refractivity contribution in [3.63, 3.8) is 0 Å². The first kappa shape index (κ1) is 12.4. The number of carboxylic acid groups (broad SMARTS) is 1. The summed E-state index contributed by atoms with van der Waals surface area (Å²) in [6, 6.07) is 3.58. The van der Waals surface area contributed by atoms with Gasteiger partial charge in [0.1, 0.15) is 0 Å². The fraction of sp³-hybridized carbons (Fsp3) is 0.111. The second-order valence-corrected chi connectivity index (χ2v) is 3.38. The third kappa shape index (κ3) is 2.62. The molecule has 2 amide bonds. The van der Waals surface area contributed by atoms with Gasteiger partial charge in [-0.3, -0.25) is 20.3 Å². The van der Waals surface area contributed by atoms with E-state index in [4.69, 9.17) is 14.6 Å². The van der Waals surface area contributed by atoms with Crippen LogP contribution in [0.3, 0.4) is 0 Å². The van der Waals surface area contributed by atoms with E-state index in [9.17, 15) is 19.7 Å². The third-order valence-corrected chi connectivity index (χ3v) is 2.11. The summed E-state index contributed by atoms with van der Waals surface area (Å²) >= 11 is 0. The summed E-state index contributed by atoms with van der Waals surface area (Å²) in [4.78, 5) is 31.5. The molecule has 1 aromatic rings. The number of hydrogen-bond acceptors (Lipinski definition) is 6. The maximum absolute atomic E-state index is 11.4. The first-order valence-corrected chi connectivity index (χ1v) is 4.88. The molecule has 0 saturated carbocycles. The van der Waals surface area contributed by atoms with Crippen molar-refractivity contribution in [3.8, 4) is 11.5 Å². The van der Waals surface area contributed by atoms with Crippen LogP contribution in [-0.4, -0.2) is 28.3 Å². The molecule has 100 valence electrons. The van der Waals surface area contributed by atoms with Crippen LogP contribution in [0, 0.1) is 10.1 Å². The molecule has 2 rings (SSSR count). The molecule has 3 N–H and O–H groups in total. The Bertz CT molecular complexity index is 559. The van der Waals surface area contributed by atoms with Crippen molar-refractivity contribution in [3.05, 3.63) is 28.3 Å². The highest BCUT2D eigenvalue weighted by Crippen LogP contribution is 2.37. The predicted octanol–water partition coefficient (Wildman–Crippen LogP) is -0.00910. The molecule has 1 aliphatic rings. The molecule has 0 spiro atoms. The van der Waals surface area contributed by atoms with Gasteiger partial charge in [-0.25, -0.2) is 10.2 Å². The van der Waals surface area contributed by atoms with Crippen LogP contribution in [0.25, 0.3) is 0 Å². The van der Waals surface area contributed by atoms with Gasteiger partial charge >= 0.3 is 18.3 Å². The smallest absolute Gasteiger partial charge is 0.423 e. The Hall–Kier alpha value is -3.04. The van der Waals surface area contributed by atoms with Crippen molar-refractivity contribution in [2.24, 2.45) is 0 Å². The molecule has 0 aliphatic carbocycles. The van der Waals surface area contributed by atoms with E-state index < -0.39 is 23.2 Å².